The summed E-state index contributed by atoms with van der Waals surface area (Å²) in [6.45, 7) is 0. The molecular formula is C19H23NO4. The summed E-state index contributed by atoms with van der Waals surface area (Å²) in [5.74, 6) is 2.20. The van der Waals surface area contributed by atoms with Crippen molar-refractivity contribution >= 4 is 10.8 Å². The van der Waals surface area contributed by atoms with Crippen LogP contribution >= 0.6 is 0 Å². The average Bonchev–Trinajstić information content (AvgIpc) is 2.61. The van der Waals surface area contributed by atoms with Gasteiger partial charge in [0, 0.05) is 30.2 Å². The van der Waals surface area contributed by atoms with Crippen molar-refractivity contribution in [2.75, 3.05) is 21.3 Å². The van der Waals surface area contributed by atoms with Crippen LogP contribution < -0.4 is 9.47 Å². The number of nitrogens with zero attached hydrogens (tertiary/aromatic N) is 1. The first-order valence-corrected chi connectivity index (χ1v) is 8.41. The van der Waals surface area contributed by atoms with Gasteiger partial charge in [0.15, 0.2) is 11.5 Å². The quantitative estimate of drug-likeness (QED) is 0.938. The summed E-state index contributed by atoms with van der Waals surface area (Å²) in [6, 6.07) is 4.05. The minimum atomic E-state index is -0.423. The number of methoxy groups -OCH3 is 3. The molecule has 0 amide bonds. The molecule has 1 heterocycles. The lowest BCUT2D eigenvalue weighted by atomic mass is 9.67. The topological polar surface area (TPSA) is 60.8 Å². The average molecular weight is 329 g/mol. The molecule has 5 heteroatoms. The molecule has 1 fully saturated rings. The minimum Gasteiger partial charge on any atom is -0.493 e. The van der Waals surface area contributed by atoms with Gasteiger partial charge in [0.05, 0.1) is 32.1 Å². The van der Waals surface area contributed by atoms with E-state index >= 15 is 0 Å². The number of aliphatic hydroxyl groups is 1. The second-order valence-electron chi connectivity index (χ2n) is 6.77. The summed E-state index contributed by atoms with van der Waals surface area (Å²) in [6.07, 6.45) is 3.72. The molecule has 4 atom stereocenters. The summed E-state index contributed by atoms with van der Waals surface area (Å²) in [4.78, 5) is 4.71. The lowest BCUT2D eigenvalue weighted by Crippen LogP contribution is -2.41. The first-order chi connectivity index (χ1) is 11.7. The highest BCUT2D eigenvalue weighted by atomic mass is 16.5. The number of aliphatic hydroxyl groups excluding tert-OH is 1. The number of pyridine rings is 1. The highest BCUT2D eigenvalue weighted by Gasteiger charge is 2.42. The molecule has 0 radical (unpaired) electrons. The summed E-state index contributed by atoms with van der Waals surface area (Å²) >= 11 is 0. The van der Waals surface area contributed by atoms with Crippen LogP contribution in [0.15, 0.2) is 18.3 Å². The summed E-state index contributed by atoms with van der Waals surface area (Å²) in [7, 11) is 5.02. The van der Waals surface area contributed by atoms with Crippen LogP contribution in [0.4, 0.5) is 0 Å². The van der Waals surface area contributed by atoms with Crippen LogP contribution in [0.5, 0.6) is 11.5 Å². The van der Waals surface area contributed by atoms with Crippen molar-refractivity contribution in [3.8, 4) is 11.5 Å². The molecule has 1 aromatic heterocycles. The Morgan fingerprint density at radius 2 is 2.00 bits per heavy atom. The minimum absolute atomic E-state index is 0.120. The Morgan fingerprint density at radius 3 is 2.71 bits per heavy atom. The molecular weight excluding hydrogens is 306 g/mol. The molecule has 1 saturated carbocycles. The van der Waals surface area contributed by atoms with Gasteiger partial charge in [-0.15, -0.1) is 0 Å². The Labute approximate surface area is 141 Å². The van der Waals surface area contributed by atoms with Gasteiger partial charge >= 0.3 is 0 Å². The summed E-state index contributed by atoms with van der Waals surface area (Å²) in [5, 5.41) is 12.7. The van der Waals surface area contributed by atoms with Crippen LogP contribution in [-0.4, -0.2) is 43.6 Å². The molecule has 0 aliphatic heterocycles. The van der Waals surface area contributed by atoms with E-state index in [1.807, 2.05) is 18.3 Å². The van der Waals surface area contributed by atoms with Crippen molar-refractivity contribution in [1.29, 1.82) is 0 Å². The van der Waals surface area contributed by atoms with E-state index in [1.54, 1.807) is 21.3 Å². The predicted molar refractivity (Wildman–Crippen MR) is 90.8 cm³/mol. The fourth-order valence-electron chi connectivity index (χ4n) is 4.57. The van der Waals surface area contributed by atoms with Crippen LogP contribution in [0.25, 0.3) is 10.8 Å². The number of ether oxygens (including phenoxy) is 3. The fourth-order valence-corrected chi connectivity index (χ4v) is 4.57. The molecule has 4 rings (SSSR count). The second-order valence-corrected chi connectivity index (χ2v) is 6.77. The normalized spacial score (nSPS) is 28.5. The van der Waals surface area contributed by atoms with E-state index in [0.29, 0.717) is 11.8 Å². The lowest BCUT2D eigenvalue weighted by molar-refractivity contribution is -0.0577. The van der Waals surface area contributed by atoms with Crippen molar-refractivity contribution in [3.05, 3.63) is 29.6 Å². The van der Waals surface area contributed by atoms with Crippen LogP contribution in [0.2, 0.25) is 0 Å². The van der Waals surface area contributed by atoms with Gasteiger partial charge in [-0.05, 0) is 42.7 Å². The molecule has 0 unspecified atom stereocenters. The molecule has 5 nitrogen and oxygen atoms in total. The molecule has 1 aromatic carbocycles. The van der Waals surface area contributed by atoms with E-state index in [0.717, 1.165) is 47.4 Å². The van der Waals surface area contributed by atoms with Gasteiger partial charge in [-0.1, -0.05) is 0 Å². The molecule has 0 saturated heterocycles. The van der Waals surface area contributed by atoms with E-state index in [-0.39, 0.29) is 6.10 Å². The highest BCUT2D eigenvalue weighted by Crippen LogP contribution is 2.50. The van der Waals surface area contributed by atoms with Gasteiger partial charge in [0.1, 0.15) is 0 Å². The number of hydrogen-bond donors (Lipinski definition) is 1. The van der Waals surface area contributed by atoms with Crippen molar-refractivity contribution < 1.29 is 19.3 Å². The van der Waals surface area contributed by atoms with Crippen molar-refractivity contribution in [2.24, 2.45) is 5.92 Å². The number of fused-ring (bicyclic) bond motifs is 2. The summed E-state index contributed by atoms with van der Waals surface area (Å²) < 4.78 is 16.7. The van der Waals surface area contributed by atoms with Crippen LogP contribution in [-0.2, 0) is 11.2 Å². The second kappa shape index (κ2) is 5.90. The Hall–Kier alpha value is -1.85. The maximum atomic E-state index is 10.4. The maximum Gasteiger partial charge on any atom is 0.164 e. The zero-order valence-electron chi connectivity index (χ0n) is 14.3. The van der Waals surface area contributed by atoms with E-state index < -0.39 is 6.10 Å². The van der Waals surface area contributed by atoms with Crippen LogP contribution in [0.1, 0.15) is 30.0 Å². The van der Waals surface area contributed by atoms with Gasteiger partial charge in [-0.25, -0.2) is 0 Å². The van der Waals surface area contributed by atoms with E-state index in [4.69, 9.17) is 19.2 Å². The Balaban J connectivity index is 1.92. The van der Waals surface area contributed by atoms with E-state index in [2.05, 4.69) is 0 Å². The van der Waals surface area contributed by atoms with Crippen molar-refractivity contribution in [2.45, 2.75) is 37.4 Å². The molecule has 0 spiro atoms. The zero-order chi connectivity index (χ0) is 16.8. The van der Waals surface area contributed by atoms with E-state index in [1.165, 1.54) is 5.39 Å². The molecule has 2 aliphatic carbocycles. The monoisotopic (exact) mass is 329 g/mol. The molecule has 2 aromatic rings. The smallest absolute Gasteiger partial charge is 0.164 e. The van der Waals surface area contributed by atoms with Gasteiger partial charge in [0.2, 0.25) is 0 Å². The molecule has 24 heavy (non-hydrogen) atoms. The highest BCUT2D eigenvalue weighted by molar-refractivity contribution is 5.93. The third-order valence-electron chi connectivity index (χ3n) is 5.67. The largest absolute Gasteiger partial charge is 0.493 e. The van der Waals surface area contributed by atoms with Crippen LogP contribution in [0, 0.1) is 5.92 Å². The maximum absolute atomic E-state index is 10.4. The Kier molecular flexibility index (Phi) is 3.85. The number of hydrogen-bond acceptors (Lipinski definition) is 5. The van der Waals surface area contributed by atoms with E-state index in [9.17, 15) is 5.11 Å². The third kappa shape index (κ3) is 2.19. The van der Waals surface area contributed by atoms with Gasteiger partial charge < -0.3 is 19.3 Å². The SMILES string of the molecule is COc1cc2ccnc3c2c(c1OC)C[C@H]1C[C@@H](O)[C@@H](OC)C[C@@H]31. The number of rotatable bonds is 3. The number of aromatic nitrogens is 1. The Morgan fingerprint density at radius 1 is 1.17 bits per heavy atom. The van der Waals surface area contributed by atoms with Crippen molar-refractivity contribution in [3.63, 3.8) is 0 Å². The molecule has 1 N–H and O–H groups in total. The van der Waals surface area contributed by atoms with Gasteiger partial charge in [0.25, 0.3) is 0 Å². The predicted octanol–water partition coefficient (Wildman–Crippen LogP) is 2.68. The Bertz CT molecular complexity index is 776. The molecule has 0 bridgehead atoms. The van der Waals surface area contributed by atoms with Gasteiger partial charge in [-0.2, -0.15) is 0 Å². The number of benzene rings is 1. The zero-order valence-corrected chi connectivity index (χ0v) is 14.3. The third-order valence-corrected chi connectivity index (χ3v) is 5.67. The lowest BCUT2D eigenvalue weighted by Gasteiger charge is -2.41. The molecule has 128 valence electrons. The van der Waals surface area contributed by atoms with Crippen LogP contribution in [0.3, 0.4) is 0 Å². The summed E-state index contributed by atoms with van der Waals surface area (Å²) in [5.41, 5.74) is 2.26. The standard InChI is InChI=1S/C19H23NO4/c1-22-15-9-12-11(7-14(15)21)6-13-17-10(4-5-20-18(12)17)8-16(23-2)19(13)24-3/h4-5,8,11-12,14-15,21H,6-7,9H2,1-3H3/t11-,12+,14+,15-/m0/s1. The van der Waals surface area contributed by atoms with Crippen molar-refractivity contribution in [1.82, 2.24) is 4.98 Å². The first kappa shape index (κ1) is 15.7. The first-order valence-electron chi connectivity index (χ1n) is 8.41. The van der Waals surface area contributed by atoms with Gasteiger partial charge in [-0.3, -0.25) is 4.98 Å². The molecule has 2 aliphatic rings. The fraction of sp³-hybridized carbons (Fsp3) is 0.526.